The van der Waals surface area contributed by atoms with Crippen molar-refractivity contribution in [2.75, 3.05) is 17.2 Å². The Bertz CT molecular complexity index is 559. The van der Waals surface area contributed by atoms with E-state index in [2.05, 4.69) is 16.0 Å². The fraction of sp³-hybridized carbons (Fsp3) is 0.357. The molecule has 8 heteroatoms. The fourth-order valence-electron chi connectivity index (χ4n) is 1.61. The van der Waals surface area contributed by atoms with Crippen LogP contribution in [0.5, 0.6) is 0 Å². The lowest BCUT2D eigenvalue weighted by molar-refractivity contribution is -0.125. The van der Waals surface area contributed by atoms with Gasteiger partial charge in [0.25, 0.3) is 0 Å². The van der Waals surface area contributed by atoms with Gasteiger partial charge >= 0.3 is 6.03 Å². The Morgan fingerprint density at radius 1 is 1.14 bits per heavy atom. The minimum atomic E-state index is -0.696. The predicted molar refractivity (Wildman–Crippen MR) is 84.1 cm³/mol. The zero-order chi connectivity index (χ0) is 16.7. The summed E-state index contributed by atoms with van der Waals surface area (Å²) in [5, 5.41) is 7.45. The number of urea groups is 1. The molecular weight excluding hydrogens is 286 g/mol. The molecule has 1 aromatic carbocycles. The standard InChI is InChI=1S/C14H21N5O3/c1-8(2)12(15)13(21)17-7-11(20)18-9-4-3-5-10(6-9)19-14(16)22/h3-6,8,12H,7,15H2,1-2H3,(H,17,21)(H,18,20)(H3,16,19,22)/t12-/m0/s1. The molecule has 0 aromatic heterocycles. The average Bonchev–Trinajstić information content (AvgIpc) is 2.43. The maximum atomic E-state index is 11.8. The maximum Gasteiger partial charge on any atom is 0.316 e. The molecule has 1 atom stereocenters. The molecule has 4 amide bonds. The summed E-state index contributed by atoms with van der Waals surface area (Å²) in [4.78, 5) is 34.2. The van der Waals surface area contributed by atoms with E-state index in [4.69, 9.17) is 11.5 Å². The Kier molecular flexibility index (Phi) is 6.33. The van der Waals surface area contributed by atoms with Crippen LogP contribution in [0.15, 0.2) is 24.3 Å². The van der Waals surface area contributed by atoms with Crippen molar-refractivity contribution in [2.45, 2.75) is 19.9 Å². The average molecular weight is 307 g/mol. The van der Waals surface area contributed by atoms with E-state index in [-0.39, 0.29) is 18.4 Å². The third-order valence-electron chi connectivity index (χ3n) is 2.86. The van der Waals surface area contributed by atoms with Crippen LogP contribution in [0.1, 0.15) is 13.8 Å². The molecule has 0 heterocycles. The van der Waals surface area contributed by atoms with Gasteiger partial charge in [-0.1, -0.05) is 19.9 Å². The molecule has 120 valence electrons. The molecule has 0 aliphatic heterocycles. The van der Waals surface area contributed by atoms with Gasteiger partial charge in [0.15, 0.2) is 0 Å². The van der Waals surface area contributed by atoms with Gasteiger partial charge in [0.2, 0.25) is 11.8 Å². The zero-order valence-electron chi connectivity index (χ0n) is 12.6. The van der Waals surface area contributed by atoms with Crippen LogP contribution in [-0.2, 0) is 9.59 Å². The zero-order valence-corrected chi connectivity index (χ0v) is 12.6. The molecule has 22 heavy (non-hydrogen) atoms. The third kappa shape index (κ3) is 5.80. The van der Waals surface area contributed by atoms with E-state index < -0.39 is 18.0 Å². The van der Waals surface area contributed by atoms with Gasteiger partial charge in [0.05, 0.1) is 12.6 Å². The summed E-state index contributed by atoms with van der Waals surface area (Å²) < 4.78 is 0. The molecule has 0 bridgehead atoms. The van der Waals surface area contributed by atoms with Gasteiger partial charge in [-0.3, -0.25) is 9.59 Å². The molecule has 8 nitrogen and oxygen atoms in total. The van der Waals surface area contributed by atoms with Crippen molar-refractivity contribution < 1.29 is 14.4 Å². The number of primary amides is 1. The van der Waals surface area contributed by atoms with E-state index in [1.54, 1.807) is 24.3 Å². The van der Waals surface area contributed by atoms with Gasteiger partial charge in [-0.2, -0.15) is 0 Å². The highest BCUT2D eigenvalue weighted by molar-refractivity contribution is 5.96. The summed E-state index contributed by atoms with van der Waals surface area (Å²) in [6, 6.07) is 5.11. The summed E-state index contributed by atoms with van der Waals surface area (Å²) in [5.74, 6) is -0.797. The Labute approximate surface area is 128 Å². The molecule has 0 aliphatic carbocycles. The molecular formula is C14H21N5O3. The van der Waals surface area contributed by atoms with Gasteiger partial charge in [0.1, 0.15) is 0 Å². The molecule has 7 N–H and O–H groups in total. The van der Waals surface area contributed by atoms with E-state index in [0.717, 1.165) is 0 Å². The highest BCUT2D eigenvalue weighted by atomic mass is 16.2. The number of anilines is 2. The van der Waals surface area contributed by atoms with Crippen molar-refractivity contribution >= 4 is 29.2 Å². The van der Waals surface area contributed by atoms with Crippen molar-refractivity contribution in [3.05, 3.63) is 24.3 Å². The summed E-state index contributed by atoms with van der Waals surface area (Å²) >= 11 is 0. The number of benzene rings is 1. The van der Waals surface area contributed by atoms with Gasteiger partial charge in [-0.25, -0.2) is 4.79 Å². The second kappa shape index (κ2) is 7.99. The van der Waals surface area contributed by atoms with Crippen LogP contribution in [0.2, 0.25) is 0 Å². The van der Waals surface area contributed by atoms with E-state index >= 15 is 0 Å². The maximum absolute atomic E-state index is 11.8. The molecule has 0 fully saturated rings. The quantitative estimate of drug-likeness (QED) is 0.512. The summed E-state index contributed by atoms with van der Waals surface area (Å²) in [5.41, 5.74) is 11.6. The number of carbonyl (C=O) groups is 3. The summed E-state index contributed by atoms with van der Waals surface area (Å²) in [6.45, 7) is 3.45. The molecule has 1 aromatic rings. The number of hydrogen-bond donors (Lipinski definition) is 5. The minimum absolute atomic E-state index is 0.0142. The van der Waals surface area contributed by atoms with E-state index in [1.165, 1.54) is 0 Å². The number of hydrogen-bond acceptors (Lipinski definition) is 4. The Balaban J connectivity index is 2.52. The molecule has 0 spiro atoms. The van der Waals surface area contributed by atoms with Crippen molar-refractivity contribution in [3.8, 4) is 0 Å². The lowest BCUT2D eigenvalue weighted by Gasteiger charge is -2.15. The first kappa shape index (κ1) is 17.4. The first-order chi connectivity index (χ1) is 10.3. The number of rotatable bonds is 6. The van der Waals surface area contributed by atoms with Crippen molar-refractivity contribution in [2.24, 2.45) is 17.4 Å². The van der Waals surface area contributed by atoms with Gasteiger partial charge in [-0.15, -0.1) is 0 Å². The lowest BCUT2D eigenvalue weighted by Crippen LogP contribution is -2.46. The van der Waals surface area contributed by atoms with Crippen LogP contribution in [-0.4, -0.2) is 30.4 Å². The predicted octanol–water partition coefficient (Wildman–Crippen LogP) is 0.215. The van der Waals surface area contributed by atoms with E-state index in [0.29, 0.717) is 11.4 Å². The first-order valence-corrected chi connectivity index (χ1v) is 6.79. The molecule has 0 radical (unpaired) electrons. The Hall–Kier alpha value is -2.61. The second-order valence-corrected chi connectivity index (χ2v) is 5.11. The fourth-order valence-corrected chi connectivity index (χ4v) is 1.61. The molecule has 0 aliphatic rings. The SMILES string of the molecule is CC(C)[C@H](N)C(=O)NCC(=O)Nc1cccc(NC(N)=O)c1. The molecule has 0 unspecified atom stereocenters. The van der Waals surface area contributed by atoms with Gasteiger partial charge in [-0.05, 0) is 24.1 Å². The first-order valence-electron chi connectivity index (χ1n) is 6.79. The molecule has 1 rings (SSSR count). The highest BCUT2D eigenvalue weighted by Crippen LogP contribution is 2.14. The van der Waals surface area contributed by atoms with E-state index in [1.807, 2.05) is 13.8 Å². The smallest absolute Gasteiger partial charge is 0.316 e. The third-order valence-corrected chi connectivity index (χ3v) is 2.86. The molecule has 0 saturated carbocycles. The Morgan fingerprint density at radius 2 is 1.73 bits per heavy atom. The van der Waals surface area contributed by atoms with Crippen LogP contribution in [0.25, 0.3) is 0 Å². The highest BCUT2D eigenvalue weighted by Gasteiger charge is 2.17. The van der Waals surface area contributed by atoms with Crippen LogP contribution in [0.4, 0.5) is 16.2 Å². The van der Waals surface area contributed by atoms with E-state index in [9.17, 15) is 14.4 Å². The van der Waals surface area contributed by atoms with Crippen molar-refractivity contribution in [3.63, 3.8) is 0 Å². The number of carbonyl (C=O) groups excluding carboxylic acids is 3. The summed E-state index contributed by atoms with van der Waals surface area (Å²) in [7, 11) is 0. The normalized spacial score (nSPS) is 11.6. The summed E-state index contributed by atoms with van der Waals surface area (Å²) in [6.07, 6.45) is 0. The van der Waals surface area contributed by atoms with Crippen LogP contribution in [0, 0.1) is 5.92 Å². The topological polar surface area (TPSA) is 139 Å². The van der Waals surface area contributed by atoms with Crippen molar-refractivity contribution in [1.29, 1.82) is 0 Å². The number of nitrogens with two attached hydrogens (primary N) is 2. The molecule has 0 saturated heterocycles. The van der Waals surface area contributed by atoms with Gasteiger partial charge < -0.3 is 27.4 Å². The number of amides is 4. The van der Waals surface area contributed by atoms with Gasteiger partial charge in [0, 0.05) is 11.4 Å². The number of nitrogens with one attached hydrogen (secondary N) is 3. The second-order valence-electron chi connectivity index (χ2n) is 5.11. The monoisotopic (exact) mass is 307 g/mol. The van der Waals surface area contributed by atoms with Crippen LogP contribution < -0.4 is 27.4 Å². The minimum Gasteiger partial charge on any atom is -0.351 e. The largest absolute Gasteiger partial charge is 0.351 e. The van der Waals surface area contributed by atoms with Crippen molar-refractivity contribution in [1.82, 2.24) is 5.32 Å². The Morgan fingerprint density at radius 3 is 2.27 bits per heavy atom. The van der Waals surface area contributed by atoms with Crippen LogP contribution in [0.3, 0.4) is 0 Å². The van der Waals surface area contributed by atoms with Crippen LogP contribution >= 0.6 is 0 Å². The lowest BCUT2D eigenvalue weighted by atomic mass is 10.1.